The molecule has 194 valence electrons. The monoisotopic (exact) mass is 529 g/mol. The molecule has 2 aliphatic rings. The summed E-state index contributed by atoms with van der Waals surface area (Å²) in [5.41, 5.74) is -0.731. The molecule has 2 amide bonds. The van der Waals surface area contributed by atoms with Gasteiger partial charge in [-0.2, -0.15) is 0 Å². The molecule has 35 heavy (non-hydrogen) atoms. The molecule has 0 saturated carbocycles. The maximum Gasteiger partial charge on any atom is 0.352 e. The largest absolute Gasteiger partial charge is 0.477 e. The maximum atomic E-state index is 12.6. The molecule has 0 aromatic carbocycles. The van der Waals surface area contributed by atoms with Gasteiger partial charge < -0.3 is 20.1 Å². The van der Waals surface area contributed by atoms with E-state index in [9.17, 15) is 32.7 Å². The number of esters is 1. The van der Waals surface area contributed by atoms with Crippen LogP contribution in [0.1, 0.15) is 32.6 Å². The second kappa shape index (κ2) is 12.3. The van der Waals surface area contributed by atoms with Crippen LogP contribution in [-0.2, 0) is 40.2 Å². The molecule has 3 heterocycles. The number of fused-ring (bicyclic) bond motifs is 1. The Morgan fingerprint density at radius 1 is 1.23 bits per heavy atom. The summed E-state index contributed by atoms with van der Waals surface area (Å²) in [6.45, 7) is 10.7. The van der Waals surface area contributed by atoms with E-state index in [1.54, 1.807) is 17.5 Å². The molecule has 0 radical (unpaired) electrons. The van der Waals surface area contributed by atoms with Crippen molar-refractivity contribution >= 4 is 44.9 Å². The van der Waals surface area contributed by atoms with Gasteiger partial charge in [0, 0.05) is 17.4 Å². The van der Waals surface area contributed by atoms with Crippen LogP contribution in [-0.4, -0.2) is 90.5 Å². The smallest absolute Gasteiger partial charge is 0.352 e. The normalized spacial score (nSPS) is 20.4. The lowest BCUT2D eigenvalue weighted by atomic mass is 10.0. The van der Waals surface area contributed by atoms with E-state index < -0.39 is 63.1 Å². The van der Waals surface area contributed by atoms with Crippen LogP contribution in [0, 0.1) is 0 Å². The SMILES string of the molecule is CC(=O)OCC1=C(C(=O)O)N2C(=O)[C@@H](NC(=O)Cc3cccs3)[C@@H]2S(=O)(=O)C1.CCN(CC)CC. The van der Waals surface area contributed by atoms with Gasteiger partial charge in [0.2, 0.25) is 5.91 Å². The highest BCUT2D eigenvalue weighted by atomic mass is 32.2. The van der Waals surface area contributed by atoms with Crippen LogP contribution >= 0.6 is 11.3 Å². The third kappa shape index (κ3) is 6.89. The molecule has 0 spiro atoms. The van der Waals surface area contributed by atoms with E-state index in [1.807, 2.05) is 0 Å². The Labute approximate surface area is 208 Å². The van der Waals surface area contributed by atoms with Crippen LogP contribution in [0.15, 0.2) is 28.8 Å². The summed E-state index contributed by atoms with van der Waals surface area (Å²) >= 11 is 1.34. The fourth-order valence-electron chi connectivity index (χ4n) is 3.79. The van der Waals surface area contributed by atoms with E-state index in [-0.39, 0.29) is 12.0 Å². The quantitative estimate of drug-likeness (QED) is 0.347. The van der Waals surface area contributed by atoms with E-state index in [1.165, 1.54) is 31.0 Å². The molecule has 1 aromatic heterocycles. The molecule has 0 bridgehead atoms. The first kappa shape index (κ1) is 28.5. The van der Waals surface area contributed by atoms with Crippen molar-refractivity contribution in [3.63, 3.8) is 0 Å². The summed E-state index contributed by atoms with van der Waals surface area (Å²) in [6.07, 6.45) is -0.0203. The van der Waals surface area contributed by atoms with Crippen LogP contribution in [0.2, 0.25) is 0 Å². The number of amides is 2. The Hall–Kier alpha value is -2.77. The Kier molecular flexibility index (Phi) is 9.98. The second-order valence-corrected chi connectivity index (χ2v) is 11.0. The van der Waals surface area contributed by atoms with E-state index in [0.717, 1.165) is 11.8 Å². The molecule has 0 unspecified atom stereocenters. The highest BCUT2D eigenvalue weighted by Gasteiger charge is 2.60. The zero-order chi connectivity index (χ0) is 26.3. The van der Waals surface area contributed by atoms with E-state index in [2.05, 4.69) is 31.0 Å². The number of nitrogens with one attached hydrogen (secondary N) is 1. The van der Waals surface area contributed by atoms with Gasteiger partial charge in [0.25, 0.3) is 5.91 Å². The fraction of sp³-hybridized carbons (Fsp3) is 0.545. The number of carbonyl (C=O) groups is 4. The number of hydrogen-bond acceptors (Lipinski definition) is 9. The molecular formula is C22H31N3O8S2. The third-order valence-electron chi connectivity index (χ3n) is 5.59. The van der Waals surface area contributed by atoms with Gasteiger partial charge in [-0.25, -0.2) is 13.2 Å². The Morgan fingerprint density at radius 3 is 2.31 bits per heavy atom. The summed E-state index contributed by atoms with van der Waals surface area (Å²) in [5, 5.41) is 12.1. The molecule has 3 rings (SSSR count). The van der Waals surface area contributed by atoms with Crippen LogP contribution in [0.3, 0.4) is 0 Å². The summed E-state index contributed by atoms with van der Waals surface area (Å²) in [5.74, 6) is -4.30. The summed E-state index contributed by atoms with van der Waals surface area (Å²) in [4.78, 5) is 51.0. The van der Waals surface area contributed by atoms with Crippen molar-refractivity contribution in [2.45, 2.75) is 45.5 Å². The number of sulfone groups is 1. The van der Waals surface area contributed by atoms with Crippen LogP contribution in [0.5, 0.6) is 0 Å². The molecule has 2 N–H and O–H groups in total. The third-order valence-corrected chi connectivity index (χ3v) is 8.43. The molecule has 1 aromatic rings. The number of nitrogens with zero attached hydrogens (tertiary/aromatic N) is 2. The Bertz CT molecular complexity index is 1070. The molecule has 0 aliphatic carbocycles. The predicted molar refractivity (Wildman–Crippen MR) is 129 cm³/mol. The number of carboxylic acid groups (broad SMARTS) is 1. The first-order valence-corrected chi connectivity index (χ1v) is 13.7. The fourth-order valence-corrected chi connectivity index (χ4v) is 6.50. The lowest BCUT2D eigenvalue weighted by molar-refractivity contribution is -0.151. The lowest BCUT2D eigenvalue weighted by Crippen LogP contribution is -2.75. The maximum absolute atomic E-state index is 12.6. The number of ether oxygens (including phenoxy) is 1. The van der Waals surface area contributed by atoms with Crippen LogP contribution in [0.25, 0.3) is 0 Å². The first-order valence-electron chi connectivity index (χ1n) is 11.1. The molecular weight excluding hydrogens is 498 g/mol. The van der Waals surface area contributed by atoms with Crippen molar-refractivity contribution in [1.82, 2.24) is 15.1 Å². The van der Waals surface area contributed by atoms with Gasteiger partial charge in [-0.05, 0) is 31.1 Å². The number of thiophene rings is 1. The molecule has 11 nitrogen and oxygen atoms in total. The first-order chi connectivity index (χ1) is 16.5. The van der Waals surface area contributed by atoms with Gasteiger partial charge in [-0.3, -0.25) is 19.3 Å². The number of β-lactam (4-membered cyclic amide) rings is 1. The van der Waals surface area contributed by atoms with Crippen LogP contribution < -0.4 is 5.32 Å². The summed E-state index contributed by atoms with van der Waals surface area (Å²) < 4.78 is 29.9. The Morgan fingerprint density at radius 2 is 1.86 bits per heavy atom. The highest BCUT2D eigenvalue weighted by molar-refractivity contribution is 7.92. The zero-order valence-corrected chi connectivity index (χ0v) is 21.8. The summed E-state index contributed by atoms with van der Waals surface area (Å²) in [7, 11) is -4.00. The average molecular weight is 530 g/mol. The molecule has 2 aliphatic heterocycles. The molecule has 13 heteroatoms. The minimum Gasteiger partial charge on any atom is -0.477 e. The van der Waals surface area contributed by atoms with Crippen molar-refractivity contribution in [1.29, 1.82) is 0 Å². The predicted octanol–water partition coefficient (Wildman–Crippen LogP) is 0.622. The minimum atomic E-state index is -4.00. The van der Waals surface area contributed by atoms with Crippen molar-refractivity contribution < 1.29 is 37.4 Å². The van der Waals surface area contributed by atoms with Gasteiger partial charge in [0.15, 0.2) is 15.2 Å². The van der Waals surface area contributed by atoms with Crippen molar-refractivity contribution in [3.8, 4) is 0 Å². The minimum absolute atomic E-state index is 0.0203. The van der Waals surface area contributed by atoms with Crippen molar-refractivity contribution in [3.05, 3.63) is 33.7 Å². The average Bonchev–Trinajstić information content (AvgIpc) is 3.29. The molecule has 1 saturated heterocycles. The van der Waals surface area contributed by atoms with Gasteiger partial charge in [-0.1, -0.05) is 26.8 Å². The lowest BCUT2D eigenvalue weighted by Gasteiger charge is -2.48. The standard InChI is InChI=1S/C16H16N2O8S2.C6H15N/c1-8(19)26-6-9-7-28(24,25)15-12(14(21)18(15)13(9)16(22)23)17-11(20)5-10-3-2-4-27-10;1-4-7(5-2)6-3/h2-4,12,15H,5-7H2,1H3,(H,17,20)(H,22,23);4-6H2,1-3H3/t12-,15+;/m1./s1. The van der Waals surface area contributed by atoms with Crippen molar-refractivity contribution in [2.24, 2.45) is 0 Å². The molecule has 2 atom stereocenters. The van der Waals surface area contributed by atoms with Gasteiger partial charge in [0.1, 0.15) is 18.3 Å². The van der Waals surface area contributed by atoms with E-state index in [4.69, 9.17) is 4.74 Å². The number of carboxylic acids is 1. The van der Waals surface area contributed by atoms with Gasteiger partial charge in [-0.15, -0.1) is 11.3 Å². The number of rotatable bonds is 9. The number of aliphatic carboxylic acids is 1. The Balaban J connectivity index is 0.000000540. The highest BCUT2D eigenvalue weighted by Crippen LogP contribution is 2.36. The number of carbonyl (C=O) groups excluding carboxylic acids is 3. The second-order valence-electron chi connectivity index (χ2n) is 7.86. The van der Waals surface area contributed by atoms with E-state index >= 15 is 0 Å². The van der Waals surface area contributed by atoms with Crippen molar-refractivity contribution in [2.75, 3.05) is 32.0 Å². The van der Waals surface area contributed by atoms with E-state index in [0.29, 0.717) is 4.90 Å². The summed E-state index contributed by atoms with van der Waals surface area (Å²) in [6, 6.07) is 2.12. The van der Waals surface area contributed by atoms with Gasteiger partial charge in [0.05, 0.1) is 12.2 Å². The number of hydrogen-bond donors (Lipinski definition) is 2. The molecule has 1 fully saturated rings. The topological polar surface area (TPSA) is 150 Å². The van der Waals surface area contributed by atoms with Crippen LogP contribution in [0.4, 0.5) is 0 Å². The van der Waals surface area contributed by atoms with Gasteiger partial charge >= 0.3 is 11.9 Å². The zero-order valence-electron chi connectivity index (χ0n) is 20.1.